The fourth-order valence-electron chi connectivity index (χ4n) is 5.03. The molecular weight excluding hydrogens is 434 g/mol. The zero-order valence-electron chi connectivity index (χ0n) is 18.1. The first kappa shape index (κ1) is 19.0. The Morgan fingerprint density at radius 2 is 1.44 bits per heavy atom. The highest BCUT2D eigenvalue weighted by molar-refractivity contribution is 7.26. The van der Waals surface area contributed by atoms with Gasteiger partial charge in [-0.15, -0.1) is 11.3 Å². The van der Waals surface area contributed by atoms with Crippen LogP contribution in [0, 0.1) is 11.3 Å². The van der Waals surface area contributed by atoms with Gasteiger partial charge in [-0.3, -0.25) is 0 Å². The smallest absolute Gasteiger partial charge is 0.164 e. The molecule has 0 saturated carbocycles. The Kier molecular flexibility index (Phi) is 4.08. The number of hydrogen-bond acceptors (Lipinski definition) is 3. The third-order valence-electron chi connectivity index (χ3n) is 6.50. The van der Waals surface area contributed by atoms with Crippen LogP contribution in [0.25, 0.3) is 58.8 Å². The number of para-hydroxylation sites is 1. The van der Waals surface area contributed by atoms with E-state index in [0.29, 0.717) is 5.69 Å². The van der Waals surface area contributed by atoms with Crippen molar-refractivity contribution in [2.45, 2.75) is 0 Å². The van der Waals surface area contributed by atoms with E-state index in [1.54, 1.807) is 6.20 Å². The van der Waals surface area contributed by atoms with Gasteiger partial charge in [-0.05, 0) is 35.9 Å². The number of benzene rings is 4. The third kappa shape index (κ3) is 2.65. The van der Waals surface area contributed by atoms with Crippen LogP contribution in [0.1, 0.15) is 5.69 Å². The topological polar surface area (TPSA) is 41.6 Å². The molecular formula is C30H17N3S. The average Bonchev–Trinajstić information content (AvgIpc) is 3.44. The molecule has 0 unspecified atom stereocenters. The van der Waals surface area contributed by atoms with Crippen molar-refractivity contribution >= 4 is 53.3 Å². The van der Waals surface area contributed by atoms with Crippen molar-refractivity contribution < 1.29 is 0 Å². The monoisotopic (exact) mass is 451 g/mol. The van der Waals surface area contributed by atoms with Crippen molar-refractivity contribution in [3.8, 4) is 22.9 Å². The molecule has 158 valence electrons. The molecule has 3 nitrogen and oxygen atoms in total. The number of nitriles is 1. The third-order valence-corrected chi connectivity index (χ3v) is 7.63. The molecule has 0 saturated heterocycles. The van der Waals surface area contributed by atoms with Gasteiger partial charge in [0, 0.05) is 42.7 Å². The van der Waals surface area contributed by atoms with Gasteiger partial charge < -0.3 is 4.57 Å². The molecule has 3 heterocycles. The van der Waals surface area contributed by atoms with Gasteiger partial charge in [-0.25, -0.2) is 4.98 Å². The summed E-state index contributed by atoms with van der Waals surface area (Å²) in [5.74, 6) is 0. The lowest BCUT2D eigenvalue weighted by Gasteiger charge is -2.11. The molecule has 4 heteroatoms. The molecule has 0 radical (unpaired) electrons. The maximum Gasteiger partial charge on any atom is 0.164 e. The van der Waals surface area contributed by atoms with Crippen molar-refractivity contribution in [1.82, 2.24) is 9.55 Å². The van der Waals surface area contributed by atoms with Crippen LogP contribution in [0.4, 0.5) is 0 Å². The summed E-state index contributed by atoms with van der Waals surface area (Å²) in [6, 6.07) is 36.0. The quantitative estimate of drug-likeness (QED) is 0.266. The highest BCUT2D eigenvalue weighted by Gasteiger charge is 2.19. The first-order valence-electron chi connectivity index (χ1n) is 11.1. The van der Waals surface area contributed by atoms with E-state index in [-0.39, 0.29) is 0 Å². The van der Waals surface area contributed by atoms with E-state index >= 15 is 0 Å². The number of rotatable bonds is 2. The molecule has 0 N–H and O–H groups in total. The zero-order valence-corrected chi connectivity index (χ0v) is 18.9. The fraction of sp³-hybridized carbons (Fsp3) is 0. The number of fused-ring (bicyclic) bond motifs is 7. The van der Waals surface area contributed by atoms with Crippen LogP contribution in [0.3, 0.4) is 0 Å². The van der Waals surface area contributed by atoms with Crippen LogP contribution in [0.2, 0.25) is 0 Å². The molecule has 0 atom stereocenters. The zero-order chi connectivity index (χ0) is 22.6. The molecule has 4 aromatic carbocycles. The standard InChI is InChI=1S/C30H17N3S/c31-17-23-26(16-20(18-32-23)19-8-2-1-3-9-19)33-24-12-6-4-10-21(24)29-25(33)14-15-28-30(29)22-11-5-7-13-27(22)34-28/h1-16,18H. The Morgan fingerprint density at radius 1 is 0.676 bits per heavy atom. The summed E-state index contributed by atoms with van der Waals surface area (Å²) in [7, 11) is 0. The van der Waals surface area contributed by atoms with Gasteiger partial charge in [0.25, 0.3) is 0 Å². The second-order valence-corrected chi connectivity index (χ2v) is 9.44. The van der Waals surface area contributed by atoms with Crippen LogP contribution < -0.4 is 0 Å². The van der Waals surface area contributed by atoms with Crippen molar-refractivity contribution in [1.29, 1.82) is 5.26 Å². The summed E-state index contributed by atoms with van der Waals surface area (Å²) in [6.45, 7) is 0. The first-order valence-corrected chi connectivity index (χ1v) is 11.9. The second kappa shape index (κ2) is 7.28. The Morgan fingerprint density at radius 3 is 2.29 bits per heavy atom. The number of aromatic nitrogens is 2. The van der Waals surface area contributed by atoms with Crippen LogP contribution in [-0.4, -0.2) is 9.55 Å². The lowest BCUT2D eigenvalue weighted by Crippen LogP contribution is -2.00. The van der Waals surface area contributed by atoms with Crippen molar-refractivity contribution in [3.05, 3.63) is 109 Å². The number of nitrogens with zero attached hydrogens (tertiary/aromatic N) is 3. The predicted octanol–water partition coefficient (Wildman–Crippen LogP) is 8.09. The largest absolute Gasteiger partial charge is 0.306 e. The van der Waals surface area contributed by atoms with Crippen LogP contribution in [-0.2, 0) is 0 Å². The minimum absolute atomic E-state index is 0.414. The molecule has 3 aromatic heterocycles. The number of thiophene rings is 1. The van der Waals surface area contributed by atoms with Crippen molar-refractivity contribution in [2.75, 3.05) is 0 Å². The van der Waals surface area contributed by atoms with Crippen molar-refractivity contribution in [2.24, 2.45) is 0 Å². The molecule has 0 aliphatic heterocycles. The second-order valence-electron chi connectivity index (χ2n) is 8.35. The Balaban J connectivity index is 1.65. The molecule has 34 heavy (non-hydrogen) atoms. The van der Waals surface area contributed by atoms with E-state index in [0.717, 1.165) is 27.8 Å². The average molecular weight is 452 g/mol. The minimum Gasteiger partial charge on any atom is -0.306 e. The van der Waals surface area contributed by atoms with E-state index in [9.17, 15) is 5.26 Å². The van der Waals surface area contributed by atoms with Gasteiger partial charge in [-0.1, -0.05) is 66.7 Å². The summed E-state index contributed by atoms with van der Waals surface area (Å²) < 4.78 is 4.76. The van der Waals surface area contributed by atoms with Gasteiger partial charge in [0.2, 0.25) is 0 Å². The van der Waals surface area contributed by atoms with Crippen molar-refractivity contribution in [3.63, 3.8) is 0 Å². The van der Waals surface area contributed by atoms with Gasteiger partial charge in [0.05, 0.1) is 16.7 Å². The number of pyridine rings is 1. The van der Waals surface area contributed by atoms with Crippen LogP contribution in [0.15, 0.2) is 103 Å². The summed E-state index contributed by atoms with van der Waals surface area (Å²) in [5.41, 5.74) is 5.44. The van der Waals surface area contributed by atoms with Gasteiger partial charge in [0.15, 0.2) is 5.69 Å². The Hall–Kier alpha value is -4.46. The summed E-state index contributed by atoms with van der Waals surface area (Å²) in [4.78, 5) is 4.57. The fourth-order valence-corrected chi connectivity index (χ4v) is 6.15. The summed E-state index contributed by atoms with van der Waals surface area (Å²) in [6.07, 6.45) is 1.79. The van der Waals surface area contributed by atoms with E-state index in [4.69, 9.17) is 0 Å². The van der Waals surface area contributed by atoms with E-state index < -0.39 is 0 Å². The van der Waals surface area contributed by atoms with Gasteiger partial charge in [0.1, 0.15) is 6.07 Å². The Bertz CT molecular complexity index is 1920. The minimum atomic E-state index is 0.414. The highest BCUT2D eigenvalue weighted by Crippen LogP contribution is 2.43. The maximum atomic E-state index is 9.98. The lowest BCUT2D eigenvalue weighted by atomic mass is 10.1. The highest BCUT2D eigenvalue weighted by atomic mass is 32.1. The molecule has 0 spiro atoms. The molecule has 0 fully saturated rings. The van der Waals surface area contributed by atoms with E-state index in [1.165, 1.54) is 30.9 Å². The molecule has 0 bridgehead atoms. The summed E-state index contributed by atoms with van der Waals surface area (Å²) >= 11 is 1.82. The van der Waals surface area contributed by atoms with E-state index in [1.807, 2.05) is 29.5 Å². The molecule has 7 rings (SSSR count). The SMILES string of the molecule is N#Cc1ncc(-c2ccccc2)cc1-n1c2ccccc2c2c3c(ccc21)sc1ccccc13. The van der Waals surface area contributed by atoms with E-state index in [2.05, 4.69) is 94.5 Å². The first-order chi connectivity index (χ1) is 16.8. The van der Waals surface area contributed by atoms with Gasteiger partial charge >= 0.3 is 0 Å². The maximum absolute atomic E-state index is 9.98. The summed E-state index contributed by atoms with van der Waals surface area (Å²) in [5, 5.41) is 14.9. The van der Waals surface area contributed by atoms with Crippen LogP contribution >= 0.6 is 11.3 Å². The molecule has 0 aliphatic rings. The molecule has 0 amide bonds. The molecule has 0 aliphatic carbocycles. The normalized spacial score (nSPS) is 11.5. The van der Waals surface area contributed by atoms with Gasteiger partial charge in [-0.2, -0.15) is 5.26 Å². The lowest BCUT2D eigenvalue weighted by molar-refractivity contribution is 1.12. The van der Waals surface area contributed by atoms with Crippen LogP contribution in [0.5, 0.6) is 0 Å². The number of hydrogen-bond donors (Lipinski definition) is 0. The Labute approximate surface area is 199 Å². The predicted molar refractivity (Wildman–Crippen MR) is 142 cm³/mol. The molecule has 7 aromatic rings.